The van der Waals surface area contributed by atoms with Gasteiger partial charge in [0.05, 0.1) is 12.2 Å². The monoisotopic (exact) mass is 492 g/mol. The van der Waals surface area contributed by atoms with Gasteiger partial charge in [0.25, 0.3) is 10.0 Å². The second-order valence-electron chi connectivity index (χ2n) is 10.6. The molecule has 0 atom stereocenters. The third kappa shape index (κ3) is 3.49. The van der Waals surface area contributed by atoms with Crippen molar-refractivity contribution >= 4 is 15.8 Å². The zero-order valence-corrected chi connectivity index (χ0v) is 20.7. The largest absolute Gasteiger partial charge is 0.342 e. The van der Waals surface area contributed by atoms with E-state index in [4.69, 9.17) is 0 Å². The van der Waals surface area contributed by atoms with Crippen molar-refractivity contribution in [1.82, 2.24) is 19.4 Å². The Morgan fingerprint density at radius 1 is 1.03 bits per heavy atom. The lowest BCUT2D eigenvalue weighted by atomic mass is 9.60. The van der Waals surface area contributed by atoms with Crippen LogP contribution in [0.3, 0.4) is 0 Å². The van der Waals surface area contributed by atoms with Gasteiger partial charge in [0.15, 0.2) is 16.6 Å². The molecule has 1 aromatic carbocycles. The van der Waals surface area contributed by atoms with Gasteiger partial charge in [0.1, 0.15) is 0 Å². The predicted octanol–water partition coefficient (Wildman–Crippen LogP) is 3.57. The number of azo groups is 1. The molecule has 9 nitrogen and oxygen atoms in total. The van der Waals surface area contributed by atoms with Gasteiger partial charge in [-0.05, 0) is 42.9 Å². The molecule has 0 radical (unpaired) electrons. The minimum atomic E-state index is -3.77. The van der Waals surface area contributed by atoms with Crippen LogP contribution in [0, 0.1) is 10.8 Å². The third-order valence-corrected chi connectivity index (χ3v) is 9.44. The molecule has 1 N–H and O–H groups in total. The fourth-order valence-electron chi connectivity index (χ4n) is 6.03. The lowest BCUT2D eigenvalue weighted by Crippen LogP contribution is -2.50. The van der Waals surface area contributed by atoms with Gasteiger partial charge in [-0.15, -0.1) is 5.11 Å². The van der Waals surface area contributed by atoms with E-state index < -0.39 is 15.4 Å². The number of ketones is 1. The first kappa shape index (κ1) is 22.4. The number of Topliss-reactive ketones (excluding diaryl/α,β-unsaturated/α-hetero) is 1. The van der Waals surface area contributed by atoms with Crippen molar-refractivity contribution in [3.8, 4) is 5.69 Å². The molecule has 4 aliphatic rings. The Bertz CT molecular complexity index is 1410. The quantitative estimate of drug-likeness (QED) is 0.705. The smallest absolute Gasteiger partial charge is 0.262 e. The molecule has 3 aliphatic heterocycles. The molecule has 10 heteroatoms. The third-order valence-electron chi connectivity index (χ3n) is 7.65. The summed E-state index contributed by atoms with van der Waals surface area (Å²) in [5, 5.41) is 16.3. The van der Waals surface area contributed by atoms with Crippen LogP contribution >= 0.6 is 0 Å². The maximum Gasteiger partial charge on any atom is 0.262 e. The summed E-state index contributed by atoms with van der Waals surface area (Å²) in [4.78, 5) is 13.4. The van der Waals surface area contributed by atoms with Crippen molar-refractivity contribution in [1.29, 1.82) is 0 Å². The number of benzene rings is 1. The van der Waals surface area contributed by atoms with Crippen LogP contribution in [0.25, 0.3) is 5.69 Å². The van der Waals surface area contributed by atoms with E-state index in [2.05, 4.69) is 34.5 Å². The number of fused-ring (bicyclic) bond motifs is 2. The van der Waals surface area contributed by atoms with Crippen molar-refractivity contribution in [2.45, 2.75) is 44.6 Å². The fraction of sp³-hybridized carbons (Fsp3) is 0.440. The standard InChI is InChI=1S/C25H28N6O3S/c1-24(2)14-19-22(20(32)15-24)25(18-16-26-28-23(18)27-19)9-12-30(13-10-25)35(33,34)21-8-11-31(29-21)17-6-4-3-5-7-17/h3-8,11,27H,9-10,12-16H2,1-2H3. The molecule has 0 bridgehead atoms. The summed E-state index contributed by atoms with van der Waals surface area (Å²) in [6.45, 7) is 5.28. The minimum absolute atomic E-state index is 0.0313. The molecule has 6 rings (SSSR count). The van der Waals surface area contributed by atoms with E-state index in [1.54, 1.807) is 16.9 Å². The molecule has 0 unspecified atom stereocenters. The van der Waals surface area contributed by atoms with Crippen LogP contribution in [0.1, 0.15) is 39.5 Å². The summed E-state index contributed by atoms with van der Waals surface area (Å²) in [7, 11) is -3.77. The topological polar surface area (TPSA) is 109 Å². The summed E-state index contributed by atoms with van der Waals surface area (Å²) in [6, 6.07) is 11.0. The number of rotatable bonds is 3. The van der Waals surface area contributed by atoms with E-state index in [1.807, 2.05) is 30.3 Å². The average molecular weight is 493 g/mol. The first-order valence-corrected chi connectivity index (χ1v) is 13.4. The molecule has 2 aromatic rings. The van der Waals surface area contributed by atoms with Gasteiger partial charge in [-0.1, -0.05) is 32.0 Å². The zero-order chi connectivity index (χ0) is 24.4. The van der Waals surface area contributed by atoms with Crippen molar-refractivity contribution in [2.24, 2.45) is 21.1 Å². The van der Waals surface area contributed by atoms with Crippen LogP contribution in [0.15, 0.2) is 80.5 Å². The maximum atomic E-state index is 13.5. The van der Waals surface area contributed by atoms with E-state index in [0.717, 1.165) is 34.8 Å². The van der Waals surface area contributed by atoms with Crippen molar-refractivity contribution in [3.63, 3.8) is 0 Å². The number of carbonyl (C=O) groups excluding carboxylic acids is 1. The highest BCUT2D eigenvalue weighted by molar-refractivity contribution is 7.89. The van der Waals surface area contributed by atoms with Gasteiger partial charge in [-0.25, -0.2) is 13.1 Å². The molecular formula is C25H28N6O3S. The van der Waals surface area contributed by atoms with E-state index in [-0.39, 0.29) is 16.2 Å². The molecule has 1 aliphatic carbocycles. The summed E-state index contributed by atoms with van der Waals surface area (Å²) in [6.07, 6.45) is 3.98. The summed E-state index contributed by atoms with van der Waals surface area (Å²) < 4.78 is 30.0. The Kier molecular flexibility index (Phi) is 4.92. The highest BCUT2D eigenvalue weighted by Gasteiger charge is 2.53. The molecule has 1 saturated heterocycles. The lowest BCUT2D eigenvalue weighted by Gasteiger charge is -2.48. The normalized spacial score (nSPS) is 23.4. The molecular weight excluding hydrogens is 464 g/mol. The number of dihydropyridines is 1. The van der Waals surface area contributed by atoms with E-state index in [1.165, 1.54) is 4.31 Å². The average Bonchev–Trinajstić information content (AvgIpc) is 3.50. The van der Waals surface area contributed by atoms with Crippen molar-refractivity contribution in [3.05, 3.63) is 65.3 Å². The Morgan fingerprint density at radius 2 is 1.77 bits per heavy atom. The molecule has 1 aromatic heterocycles. The van der Waals surface area contributed by atoms with Gasteiger partial charge >= 0.3 is 0 Å². The Morgan fingerprint density at radius 3 is 2.51 bits per heavy atom. The first-order chi connectivity index (χ1) is 16.7. The van der Waals surface area contributed by atoms with Crippen LogP contribution in [-0.4, -0.2) is 47.9 Å². The number of nitrogens with one attached hydrogen (secondary N) is 1. The Labute approximate surface area is 204 Å². The molecule has 182 valence electrons. The predicted molar refractivity (Wildman–Crippen MR) is 129 cm³/mol. The second kappa shape index (κ2) is 7.69. The van der Waals surface area contributed by atoms with Crippen LogP contribution in [0.2, 0.25) is 0 Å². The molecule has 0 saturated carbocycles. The number of aromatic nitrogens is 2. The van der Waals surface area contributed by atoms with E-state index >= 15 is 0 Å². The van der Waals surface area contributed by atoms with Crippen LogP contribution < -0.4 is 5.32 Å². The highest BCUT2D eigenvalue weighted by Crippen LogP contribution is 2.55. The van der Waals surface area contributed by atoms with Gasteiger partial charge in [-0.2, -0.15) is 14.5 Å². The summed E-state index contributed by atoms with van der Waals surface area (Å²) >= 11 is 0. The number of sulfonamides is 1. The Hall–Kier alpha value is -3.11. The number of hydrogen-bond acceptors (Lipinski definition) is 7. The van der Waals surface area contributed by atoms with Crippen LogP contribution in [-0.2, 0) is 14.8 Å². The molecule has 35 heavy (non-hydrogen) atoms. The second-order valence-corrected chi connectivity index (χ2v) is 12.5. The SMILES string of the molecule is CC1(C)CC(=O)C2=C(C1)NC1=C(CN=N1)C21CCN(S(=O)(=O)c2ccn(-c3ccccc3)n2)CC1. The van der Waals surface area contributed by atoms with E-state index in [9.17, 15) is 13.2 Å². The van der Waals surface area contributed by atoms with Crippen molar-refractivity contribution < 1.29 is 13.2 Å². The molecule has 0 amide bonds. The lowest BCUT2D eigenvalue weighted by molar-refractivity contribution is -0.119. The first-order valence-electron chi connectivity index (χ1n) is 12.0. The maximum absolute atomic E-state index is 13.5. The highest BCUT2D eigenvalue weighted by atomic mass is 32.2. The number of carbonyl (C=O) groups is 1. The van der Waals surface area contributed by atoms with E-state index in [0.29, 0.717) is 38.9 Å². The number of nitrogens with zero attached hydrogens (tertiary/aromatic N) is 5. The van der Waals surface area contributed by atoms with Gasteiger partial charge in [0, 0.05) is 48.0 Å². The van der Waals surface area contributed by atoms with Gasteiger partial charge < -0.3 is 5.32 Å². The number of para-hydroxylation sites is 1. The number of hydrogen-bond donors (Lipinski definition) is 1. The van der Waals surface area contributed by atoms with Crippen LogP contribution in [0.4, 0.5) is 0 Å². The molecule has 1 spiro atoms. The fourth-order valence-corrected chi connectivity index (χ4v) is 7.38. The Balaban J connectivity index is 1.30. The zero-order valence-electron chi connectivity index (χ0n) is 19.9. The van der Waals surface area contributed by atoms with Crippen molar-refractivity contribution in [2.75, 3.05) is 19.6 Å². The summed E-state index contributed by atoms with van der Waals surface area (Å²) in [5.41, 5.74) is 2.95. The number of piperidine rings is 1. The van der Waals surface area contributed by atoms with Gasteiger partial charge in [-0.3, -0.25) is 4.79 Å². The number of allylic oxidation sites excluding steroid dienone is 2. The molecule has 4 heterocycles. The molecule has 1 fully saturated rings. The summed E-state index contributed by atoms with van der Waals surface area (Å²) in [5.74, 6) is 0.896. The van der Waals surface area contributed by atoms with Gasteiger partial charge in [0.2, 0.25) is 0 Å². The minimum Gasteiger partial charge on any atom is -0.342 e. The van der Waals surface area contributed by atoms with Crippen LogP contribution in [0.5, 0.6) is 0 Å².